The largest absolute Gasteiger partial charge is 0.0628 e. The first kappa shape index (κ1) is 9.55. The van der Waals surface area contributed by atoms with Gasteiger partial charge >= 0.3 is 0 Å². The Kier molecular flexibility index (Phi) is 5.44. The summed E-state index contributed by atoms with van der Waals surface area (Å²) >= 11 is 0. The van der Waals surface area contributed by atoms with Crippen LogP contribution in [-0.2, 0) is 0 Å². The van der Waals surface area contributed by atoms with Gasteiger partial charge in [0.05, 0.1) is 0 Å². The predicted molar refractivity (Wildman–Crippen MR) is 61.9 cm³/mol. The van der Waals surface area contributed by atoms with Crippen LogP contribution >= 0.6 is 0 Å². The van der Waals surface area contributed by atoms with Crippen LogP contribution in [-0.4, -0.2) is 0 Å². The second-order valence-corrected chi connectivity index (χ2v) is 4.90. The van der Waals surface area contributed by atoms with Crippen molar-refractivity contribution >= 4 is 0 Å². The zero-order valence-corrected chi connectivity index (χ0v) is 10.0. The SMILES string of the molecule is [2H]C(CCC(C)C)C([2H])C[C@@H](C)C(C)C. The molecule has 0 heteroatoms. The van der Waals surface area contributed by atoms with Crippen molar-refractivity contribution in [2.24, 2.45) is 17.8 Å². The first-order valence-electron chi connectivity index (χ1n) is 6.84. The summed E-state index contributed by atoms with van der Waals surface area (Å²) in [5.41, 5.74) is 0. The summed E-state index contributed by atoms with van der Waals surface area (Å²) in [5.74, 6) is 1.86. The maximum Gasteiger partial charge on any atom is 0.0267 e. The minimum atomic E-state index is -0.193. The third-order valence-corrected chi connectivity index (χ3v) is 2.72. The van der Waals surface area contributed by atoms with E-state index in [0.29, 0.717) is 17.8 Å². The number of rotatable bonds is 7. The normalized spacial score (nSPS) is 21.2. The molecule has 0 aromatic heterocycles. The first-order valence-corrected chi connectivity index (χ1v) is 5.69. The average molecular weight is 186 g/mol. The van der Waals surface area contributed by atoms with Gasteiger partial charge in [-0.2, -0.15) is 0 Å². The average Bonchev–Trinajstić information content (AvgIpc) is 2.13. The van der Waals surface area contributed by atoms with Crippen molar-refractivity contribution in [2.45, 2.75) is 66.7 Å². The summed E-state index contributed by atoms with van der Waals surface area (Å²) in [7, 11) is 0. The Labute approximate surface area is 87.9 Å². The van der Waals surface area contributed by atoms with Gasteiger partial charge in [-0.15, -0.1) is 0 Å². The molecule has 0 saturated heterocycles. The van der Waals surface area contributed by atoms with Crippen LogP contribution < -0.4 is 0 Å². The molecule has 0 bridgehead atoms. The molecule has 0 aliphatic rings. The minimum absolute atomic E-state index is 0.186. The van der Waals surface area contributed by atoms with E-state index in [9.17, 15) is 0 Å². The van der Waals surface area contributed by atoms with E-state index in [2.05, 4.69) is 34.6 Å². The Hall–Kier alpha value is 0. The third-order valence-electron chi connectivity index (χ3n) is 2.72. The molecule has 80 valence electrons. The molecule has 0 saturated carbocycles. The van der Waals surface area contributed by atoms with Crippen LogP contribution in [0.5, 0.6) is 0 Å². The Morgan fingerprint density at radius 2 is 1.54 bits per heavy atom. The monoisotopic (exact) mass is 186 g/mol. The summed E-state index contributed by atoms with van der Waals surface area (Å²) in [6, 6.07) is 0. The molecule has 0 nitrogen and oxygen atoms in total. The minimum Gasteiger partial charge on any atom is -0.0628 e. The summed E-state index contributed by atoms with van der Waals surface area (Å²) in [5, 5.41) is 0. The molecule has 13 heavy (non-hydrogen) atoms. The fourth-order valence-electron chi connectivity index (χ4n) is 1.13. The predicted octanol–water partition coefficient (Wildman–Crippen LogP) is 4.89. The van der Waals surface area contributed by atoms with E-state index in [-0.39, 0.29) is 12.8 Å². The molecule has 0 aliphatic heterocycles. The van der Waals surface area contributed by atoms with Gasteiger partial charge in [0.1, 0.15) is 0 Å². The maximum atomic E-state index is 7.96. The van der Waals surface area contributed by atoms with Gasteiger partial charge in [-0.1, -0.05) is 66.7 Å². The molecule has 0 rings (SSSR count). The maximum absolute atomic E-state index is 7.96. The molecule has 0 N–H and O–H groups in total. The van der Waals surface area contributed by atoms with Gasteiger partial charge < -0.3 is 0 Å². The lowest BCUT2D eigenvalue weighted by atomic mass is 9.92. The second kappa shape index (κ2) is 7.41. The van der Waals surface area contributed by atoms with Crippen molar-refractivity contribution in [3.05, 3.63) is 0 Å². The van der Waals surface area contributed by atoms with Crippen molar-refractivity contribution in [1.29, 1.82) is 0 Å². The highest BCUT2D eigenvalue weighted by atomic mass is 14.1. The fourth-order valence-corrected chi connectivity index (χ4v) is 1.13. The van der Waals surface area contributed by atoms with Gasteiger partial charge in [0.25, 0.3) is 0 Å². The van der Waals surface area contributed by atoms with E-state index >= 15 is 0 Å². The molecule has 0 amide bonds. The van der Waals surface area contributed by atoms with Crippen LogP contribution in [0, 0.1) is 17.8 Å². The standard InChI is InChI=1S/C13H28/c1-11(2)9-7-6-8-10-13(5)12(3)4/h11-13H,6-10H2,1-5H3/t13-/m1/s1/i6D,8D/t6?,8?,13-. The zero-order chi connectivity index (χ0) is 12.0. The van der Waals surface area contributed by atoms with Crippen molar-refractivity contribution in [3.63, 3.8) is 0 Å². The third kappa shape index (κ3) is 8.33. The summed E-state index contributed by atoms with van der Waals surface area (Å²) in [6.07, 6.45) is 2.47. The first-order chi connectivity index (χ1) is 6.84. The summed E-state index contributed by atoms with van der Waals surface area (Å²) in [4.78, 5) is 0. The summed E-state index contributed by atoms with van der Waals surface area (Å²) in [6.45, 7) is 11.0. The van der Waals surface area contributed by atoms with Crippen LogP contribution in [0.3, 0.4) is 0 Å². The Morgan fingerprint density at radius 3 is 2.00 bits per heavy atom. The fraction of sp³-hybridized carbons (Fsp3) is 1.00. The van der Waals surface area contributed by atoms with E-state index in [1.807, 2.05) is 0 Å². The van der Waals surface area contributed by atoms with Gasteiger partial charge in [-0.25, -0.2) is 0 Å². The van der Waals surface area contributed by atoms with Crippen LogP contribution in [0.4, 0.5) is 0 Å². The van der Waals surface area contributed by atoms with Crippen LogP contribution in [0.25, 0.3) is 0 Å². The molecule has 0 radical (unpaired) electrons. The smallest absolute Gasteiger partial charge is 0.0267 e. The molecule has 0 heterocycles. The molecular formula is C13H28. The highest BCUT2D eigenvalue weighted by Gasteiger charge is 2.05. The lowest BCUT2D eigenvalue weighted by Crippen LogP contribution is -2.03. The molecule has 0 aliphatic carbocycles. The lowest BCUT2D eigenvalue weighted by molar-refractivity contribution is 0.372. The Balaban J connectivity index is 3.82. The van der Waals surface area contributed by atoms with E-state index in [4.69, 9.17) is 2.74 Å². The molecule has 0 fully saturated rings. The highest BCUT2D eigenvalue weighted by molar-refractivity contribution is 4.57. The molecule has 0 aromatic carbocycles. The van der Waals surface area contributed by atoms with Crippen LogP contribution in [0.2, 0.25) is 0 Å². The van der Waals surface area contributed by atoms with Crippen LogP contribution in [0.15, 0.2) is 0 Å². The molecule has 0 spiro atoms. The zero-order valence-electron chi connectivity index (χ0n) is 12.0. The number of hydrogen-bond acceptors (Lipinski definition) is 0. The van der Waals surface area contributed by atoms with E-state index in [1.165, 1.54) is 0 Å². The van der Waals surface area contributed by atoms with Gasteiger partial charge in [0, 0.05) is 2.74 Å². The Morgan fingerprint density at radius 1 is 0.923 bits per heavy atom. The van der Waals surface area contributed by atoms with Gasteiger partial charge in [-0.3, -0.25) is 0 Å². The molecular weight excluding hydrogens is 156 g/mol. The quantitative estimate of drug-likeness (QED) is 0.531. The lowest BCUT2D eigenvalue weighted by Gasteiger charge is -2.14. The van der Waals surface area contributed by atoms with Crippen LogP contribution in [0.1, 0.15) is 69.4 Å². The van der Waals surface area contributed by atoms with Crippen molar-refractivity contribution in [3.8, 4) is 0 Å². The van der Waals surface area contributed by atoms with Gasteiger partial charge in [0.15, 0.2) is 0 Å². The molecule has 0 aromatic rings. The highest BCUT2D eigenvalue weighted by Crippen LogP contribution is 2.18. The second-order valence-electron chi connectivity index (χ2n) is 4.90. The van der Waals surface area contributed by atoms with E-state index < -0.39 is 0 Å². The van der Waals surface area contributed by atoms with Crippen molar-refractivity contribution in [2.75, 3.05) is 0 Å². The molecule has 2 unspecified atom stereocenters. The van der Waals surface area contributed by atoms with E-state index in [0.717, 1.165) is 19.3 Å². The van der Waals surface area contributed by atoms with E-state index in [1.54, 1.807) is 0 Å². The Bertz CT molecular complexity index is 155. The topological polar surface area (TPSA) is 0 Å². The molecule has 3 atom stereocenters. The van der Waals surface area contributed by atoms with Crippen molar-refractivity contribution in [1.82, 2.24) is 0 Å². The van der Waals surface area contributed by atoms with Gasteiger partial charge in [-0.05, 0) is 17.8 Å². The summed E-state index contributed by atoms with van der Waals surface area (Å²) < 4.78 is 15.9. The number of hydrogen-bond donors (Lipinski definition) is 0. The van der Waals surface area contributed by atoms with Gasteiger partial charge in [0.2, 0.25) is 0 Å². The van der Waals surface area contributed by atoms with Crippen molar-refractivity contribution < 1.29 is 2.74 Å².